The fourth-order valence-electron chi connectivity index (χ4n) is 2.99. The highest BCUT2D eigenvalue weighted by molar-refractivity contribution is 6.42. The van der Waals surface area contributed by atoms with E-state index in [2.05, 4.69) is 9.97 Å². The molecule has 31 heavy (non-hydrogen) atoms. The number of H-pyrrole nitrogens is 1. The standard InChI is InChI=1S/C23H16Cl2N2O4/c1-30-16-6-2-13(3-7-16)22-26-19-9-5-15(11-20(19)27-22)23(29)31-12-21(28)14-4-8-17(24)18(25)10-14/h2-11H,12H2,1H3,(H,26,27). The molecule has 3 aromatic carbocycles. The van der Waals surface area contributed by atoms with E-state index in [0.717, 1.165) is 11.3 Å². The van der Waals surface area contributed by atoms with Gasteiger partial charge in [-0.05, 0) is 60.7 Å². The van der Waals surface area contributed by atoms with E-state index in [9.17, 15) is 9.59 Å². The number of ether oxygens (including phenoxy) is 2. The predicted molar refractivity (Wildman–Crippen MR) is 119 cm³/mol. The van der Waals surface area contributed by atoms with Crippen LogP contribution in [-0.4, -0.2) is 35.4 Å². The number of hydrogen-bond donors (Lipinski definition) is 1. The number of nitrogens with one attached hydrogen (secondary N) is 1. The van der Waals surface area contributed by atoms with Crippen LogP contribution in [0.1, 0.15) is 20.7 Å². The lowest BCUT2D eigenvalue weighted by atomic mass is 10.1. The average molecular weight is 455 g/mol. The second-order valence-electron chi connectivity index (χ2n) is 6.67. The van der Waals surface area contributed by atoms with Crippen LogP contribution >= 0.6 is 23.2 Å². The number of ketones is 1. The zero-order valence-electron chi connectivity index (χ0n) is 16.3. The predicted octanol–water partition coefficient (Wildman–Crippen LogP) is 5.59. The van der Waals surface area contributed by atoms with Gasteiger partial charge in [0.25, 0.3) is 0 Å². The Morgan fingerprint density at radius 2 is 1.68 bits per heavy atom. The minimum Gasteiger partial charge on any atom is -0.497 e. The first-order chi connectivity index (χ1) is 14.9. The van der Waals surface area contributed by atoms with E-state index in [1.54, 1.807) is 25.3 Å². The van der Waals surface area contributed by atoms with Gasteiger partial charge in [0.05, 0.1) is 33.8 Å². The molecule has 0 saturated carbocycles. The van der Waals surface area contributed by atoms with E-state index in [0.29, 0.717) is 33.0 Å². The van der Waals surface area contributed by atoms with Gasteiger partial charge in [-0.2, -0.15) is 0 Å². The maximum absolute atomic E-state index is 12.4. The third-order valence-electron chi connectivity index (χ3n) is 4.66. The zero-order valence-corrected chi connectivity index (χ0v) is 17.8. The van der Waals surface area contributed by atoms with E-state index in [1.807, 2.05) is 24.3 Å². The highest BCUT2D eigenvalue weighted by Crippen LogP contribution is 2.24. The number of Topliss-reactive ketones (excluding diaryl/α,β-unsaturated/α-hetero) is 1. The molecule has 1 N–H and O–H groups in total. The van der Waals surface area contributed by atoms with Crippen molar-refractivity contribution < 1.29 is 19.1 Å². The monoisotopic (exact) mass is 454 g/mol. The molecule has 0 spiro atoms. The Bertz CT molecular complexity index is 1280. The summed E-state index contributed by atoms with van der Waals surface area (Å²) < 4.78 is 10.3. The van der Waals surface area contributed by atoms with E-state index < -0.39 is 12.6 Å². The van der Waals surface area contributed by atoms with Crippen molar-refractivity contribution in [2.75, 3.05) is 13.7 Å². The SMILES string of the molecule is COc1ccc(-c2nc3ccc(C(=O)OCC(=O)c4ccc(Cl)c(Cl)c4)cc3[nH]2)cc1. The van der Waals surface area contributed by atoms with Crippen LogP contribution in [0.5, 0.6) is 5.75 Å². The molecular formula is C23H16Cl2N2O4. The molecule has 1 aromatic heterocycles. The van der Waals surface area contributed by atoms with E-state index in [4.69, 9.17) is 32.7 Å². The number of carbonyl (C=O) groups excluding carboxylic acids is 2. The first-order valence-corrected chi connectivity index (χ1v) is 10.00. The van der Waals surface area contributed by atoms with Crippen molar-refractivity contribution in [2.45, 2.75) is 0 Å². The fourth-order valence-corrected chi connectivity index (χ4v) is 3.29. The highest BCUT2D eigenvalue weighted by Gasteiger charge is 2.15. The summed E-state index contributed by atoms with van der Waals surface area (Å²) >= 11 is 11.8. The molecule has 4 rings (SSSR count). The van der Waals surface area contributed by atoms with Gasteiger partial charge in [0.1, 0.15) is 11.6 Å². The van der Waals surface area contributed by atoms with Gasteiger partial charge in [-0.25, -0.2) is 9.78 Å². The molecule has 156 valence electrons. The van der Waals surface area contributed by atoms with Crippen LogP contribution < -0.4 is 4.74 Å². The Hall–Kier alpha value is -3.35. The lowest BCUT2D eigenvalue weighted by Crippen LogP contribution is -2.14. The van der Waals surface area contributed by atoms with Crippen LogP contribution in [-0.2, 0) is 4.74 Å². The molecule has 0 bridgehead atoms. The summed E-state index contributed by atoms with van der Waals surface area (Å²) in [6.07, 6.45) is 0. The molecule has 0 fully saturated rings. The normalized spacial score (nSPS) is 10.8. The van der Waals surface area contributed by atoms with Crippen LogP contribution in [0.4, 0.5) is 0 Å². The Labute approximate surface area is 187 Å². The van der Waals surface area contributed by atoms with Gasteiger partial charge in [-0.15, -0.1) is 0 Å². The van der Waals surface area contributed by atoms with E-state index >= 15 is 0 Å². The molecule has 8 heteroatoms. The lowest BCUT2D eigenvalue weighted by molar-refractivity contribution is 0.0475. The first-order valence-electron chi connectivity index (χ1n) is 9.24. The number of aromatic amines is 1. The number of aromatic nitrogens is 2. The maximum atomic E-state index is 12.4. The molecule has 0 aliphatic carbocycles. The molecule has 1 heterocycles. The summed E-state index contributed by atoms with van der Waals surface area (Å²) in [5.41, 5.74) is 2.88. The summed E-state index contributed by atoms with van der Waals surface area (Å²) in [6, 6.07) is 16.9. The van der Waals surface area contributed by atoms with Crippen LogP contribution in [0, 0.1) is 0 Å². The minimum atomic E-state index is -0.615. The van der Waals surface area contributed by atoms with E-state index in [-0.39, 0.29) is 10.8 Å². The third kappa shape index (κ3) is 4.55. The number of rotatable bonds is 6. The summed E-state index contributed by atoms with van der Waals surface area (Å²) in [6.45, 7) is -0.408. The van der Waals surface area contributed by atoms with Gasteiger partial charge in [0, 0.05) is 11.1 Å². The largest absolute Gasteiger partial charge is 0.497 e. The van der Waals surface area contributed by atoms with Crippen molar-refractivity contribution in [1.29, 1.82) is 0 Å². The van der Waals surface area contributed by atoms with Gasteiger partial charge in [-0.3, -0.25) is 4.79 Å². The Kier molecular flexibility index (Phi) is 5.93. The lowest BCUT2D eigenvalue weighted by Gasteiger charge is -2.05. The number of benzene rings is 3. The molecule has 0 saturated heterocycles. The third-order valence-corrected chi connectivity index (χ3v) is 5.40. The van der Waals surface area contributed by atoms with Crippen LogP contribution in [0.2, 0.25) is 10.0 Å². The number of esters is 1. The molecule has 0 aliphatic heterocycles. The fraction of sp³-hybridized carbons (Fsp3) is 0.0870. The number of methoxy groups -OCH3 is 1. The van der Waals surface area contributed by atoms with Crippen molar-refractivity contribution >= 4 is 46.0 Å². The van der Waals surface area contributed by atoms with Gasteiger partial charge < -0.3 is 14.5 Å². The van der Waals surface area contributed by atoms with Gasteiger partial charge in [0.15, 0.2) is 12.4 Å². The molecule has 0 aliphatic rings. The number of carbonyl (C=O) groups is 2. The number of halogens is 2. The molecule has 0 radical (unpaired) electrons. The van der Waals surface area contributed by atoms with Crippen LogP contribution in [0.3, 0.4) is 0 Å². The first kappa shape index (κ1) is 20.9. The number of imidazole rings is 1. The van der Waals surface area contributed by atoms with Crippen molar-refractivity contribution in [3.63, 3.8) is 0 Å². The molecule has 4 aromatic rings. The van der Waals surface area contributed by atoms with Crippen molar-refractivity contribution in [1.82, 2.24) is 9.97 Å². The van der Waals surface area contributed by atoms with Crippen LogP contribution in [0.15, 0.2) is 60.7 Å². The van der Waals surface area contributed by atoms with Gasteiger partial charge >= 0.3 is 5.97 Å². The second kappa shape index (κ2) is 8.79. The molecule has 0 amide bonds. The summed E-state index contributed by atoms with van der Waals surface area (Å²) in [4.78, 5) is 32.4. The van der Waals surface area contributed by atoms with Crippen LogP contribution in [0.25, 0.3) is 22.4 Å². The van der Waals surface area contributed by atoms with E-state index in [1.165, 1.54) is 18.2 Å². The van der Waals surface area contributed by atoms with Crippen molar-refractivity contribution in [3.05, 3.63) is 81.8 Å². The molecule has 0 atom stereocenters. The number of fused-ring (bicyclic) bond motifs is 1. The maximum Gasteiger partial charge on any atom is 0.338 e. The zero-order chi connectivity index (χ0) is 22.0. The van der Waals surface area contributed by atoms with Gasteiger partial charge in [0.2, 0.25) is 0 Å². The average Bonchev–Trinajstić information content (AvgIpc) is 3.22. The van der Waals surface area contributed by atoms with Crippen molar-refractivity contribution in [3.8, 4) is 17.1 Å². The molecule has 0 unspecified atom stereocenters. The van der Waals surface area contributed by atoms with Crippen molar-refractivity contribution in [2.24, 2.45) is 0 Å². The smallest absolute Gasteiger partial charge is 0.338 e. The summed E-state index contributed by atoms with van der Waals surface area (Å²) in [7, 11) is 1.61. The minimum absolute atomic E-state index is 0.260. The Morgan fingerprint density at radius 1 is 0.935 bits per heavy atom. The molecular weight excluding hydrogens is 439 g/mol. The number of hydrogen-bond acceptors (Lipinski definition) is 5. The second-order valence-corrected chi connectivity index (χ2v) is 7.49. The summed E-state index contributed by atoms with van der Waals surface area (Å²) in [5.74, 6) is 0.422. The van der Waals surface area contributed by atoms with Gasteiger partial charge in [-0.1, -0.05) is 23.2 Å². The topological polar surface area (TPSA) is 81.3 Å². The quantitative estimate of drug-likeness (QED) is 0.303. The number of nitrogens with zero attached hydrogens (tertiary/aromatic N) is 1. The Balaban J connectivity index is 1.47. The highest BCUT2D eigenvalue weighted by atomic mass is 35.5. The summed E-state index contributed by atoms with van der Waals surface area (Å²) in [5, 5.41) is 0.605. The molecule has 6 nitrogen and oxygen atoms in total. The Morgan fingerprint density at radius 3 is 2.39 bits per heavy atom.